The Balaban J connectivity index is 1.76. The molecule has 2 aromatic rings. The molecule has 0 aliphatic carbocycles. The molecule has 1 heterocycles. The van der Waals surface area contributed by atoms with Crippen molar-refractivity contribution in [3.8, 4) is 0 Å². The van der Waals surface area contributed by atoms with E-state index in [-0.39, 0.29) is 6.54 Å². The van der Waals surface area contributed by atoms with Crippen LogP contribution in [-0.2, 0) is 12.7 Å². The molecule has 0 amide bonds. The Morgan fingerprint density at radius 3 is 2.58 bits per heavy atom. The molecule has 0 spiro atoms. The molecule has 2 rings (SSSR count). The third-order valence-electron chi connectivity index (χ3n) is 3.31. The summed E-state index contributed by atoms with van der Waals surface area (Å²) in [5, 5.41) is 10.9. The second kappa shape index (κ2) is 10.0. The number of alkyl halides is 3. The van der Waals surface area contributed by atoms with Gasteiger partial charge in [-0.2, -0.15) is 13.2 Å². The lowest BCUT2D eigenvalue weighted by molar-refractivity contribution is -0.140. The van der Waals surface area contributed by atoms with Gasteiger partial charge in [0.15, 0.2) is 11.7 Å². The zero-order chi connectivity index (χ0) is 18.8. The van der Waals surface area contributed by atoms with Gasteiger partial charge in [-0.3, -0.25) is 0 Å². The number of halogens is 3. The predicted molar refractivity (Wildman–Crippen MR) is 99.5 cm³/mol. The molecule has 0 atom stereocenters. The molecule has 0 fully saturated rings. The SMILES string of the molecule is CCNC(=NCc1nc(C(F)(F)F)cs1)NCCCNc1ccccc1. The number of thiazole rings is 1. The van der Waals surface area contributed by atoms with Crippen LogP contribution in [0.4, 0.5) is 18.9 Å². The number of aliphatic imine (C=N–C) groups is 1. The number of aromatic nitrogens is 1. The van der Waals surface area contributed by atoms with Crippen molar-refractivity contribution in [3.63, 3.8) is 0 Å². The van der Waals surface area contributed by atoms with Crippen LogP contribution in [0.2, 0.25) is 0 Å². The second-order valence-corrected chi connectivity index (χ2v) is 6.34. The van der Waals surface area contributed by atoms with E-state index in [1.165, 1.54) is 0 Å². The van der Waals surface area contributed by atoms with E-state index < -0.39 is 11.9 Å². The normalized spacial score (nSPS) is 12.1. The highest BCUT2D eigenvalue weighted by atomic mass is 32.1. The average Bonchev–Trinajstić information content (AvgIpc) is 3.09. The molecule has 0 aliphatic heterocycles. The Morgan fingerprint density at radius 2 is 1.92 bits per heavy atom. The van der Waals surface area contributed by atoms with E-state index in [9.17, 15) is 13.2 Å². The van der Waals surface area contributed by atoms with Crippen molar-refractivity contribution in [2.24, 2.45) is 4.99 Å². The second-order valence-electron chi connectivity index (χ2n) is 5.39. The molecule has 0 bridgehead atoms. The van der Waals surface area contributed by atoms with Gasteiger partial charge < -0.3 is 16.0 Å². The highest BCUT2D eigenvalue weighted by Gasteiger charge is 2.33. The number of hydrogen-bond acceptors (Lipinski definition) is 4. The Bertz CT molecular complexity index is 685. The Kier molecular flexibility index (Phi) is 7.71. The minimum absolute atomic E-state index is 0.109. The number of benzene rings is 1. The van der Waals surface area contributed by atoms with Crippen molar-refractivity contribution < 1.29 is 13.2 Å². The molecule has 9 heteroatoms. The molecule has 0 unspecified atom stereocenters. The zero-order valence-corrected chi connectivity index (χ0v) is 15.3. The molecule has 0 radical (unpaired) electrons. The maximum absolute atomic E-state index is 12.6. The molecule has 142 valence electrons. The van der Waals surface area contributed by atoms with Gasteiger partial charge in [0.05, 0.1) is 6.54 Å². The standard InChI is InChI=1S/C17H22F3N5S/c1-2-21-16(23-10-6-9-22-13-7-4-3-5-8-13)24-11-15-25-14(12-26-15)17(18,19)20/h3-5,7-8,12,22H,2,6,9-11H2,1H3,(H2,21,23,24). The summed E-state index contributed by atoms with van der Waals surface area (Å²) < 4.78 is 37.7. The molecule has 0 saturated carbocycles. The summed E-state index contributed by atoms with van der Waals surface area (Å²) in [4.78, 5) is 7.87. The van der Waals surface area contributed by atoms with Crippen LogP contribution in [0.3, 0.4) is 0 Å². The first-order chi connectivity index (χ1) is 12.5. The minimum Gasteiger partial charge on any atom is -0.385 e. The summed E-state index contributed by atoms with van der Waals surface area (Å²) in [5.41, 5.74) is 0.204. The van der Waals surface area contributed by atoms with Gasteiger partial charge in [-0.1, -0.05) is 18.2 Å². The maximum atomic E-state index is 12.6. The van der Waals surface area contributed by atoms with Crippen molar-refractivity contribution in [2.75, 3.05) is 25.0 Å². The summed E-state index contributed by atoms with van der Waals surface area (Å²) in [7, 11) is 0. The minimum atomic E-state index is -4.41. The van der Waals surface area contributed by atoms with Crippen LogP contribution in [-0.4, -0.2) is 30.6 Å². The lowest BCUT2D eigenvalue weighted by Crippen LogP contribution is -2.38. The van der Waals surface area contributed by atoms with Crippen molar-refractivity contribution in [1.82, 2.24) is 15.6 Å². The van der Waals surface area contributed by atoms with Crippen molar-refractivity contribution in [3.05, 3.63) is 46.4 Å². The smallest absolute Gasteiger partial charge is 0.385 e. The molecule has 1 aromatic heterocycles. The fraction of sp³-hybridized carbons (Fsp3) is 0.412. The molecule has 0 aliphatic rings. The molecule has 5 nitrogen and oxygen atoms in total. The van der Waals surface area contributed by atoms with Gasteiger partial charge in [-0.15, -0.1) is 11.3 Å². The van der Waals surface area contributed by atoms with Gasteiger partial charge in [-0.05, 0) is 25.5 Å². The number of nitrogens with one attached hydrogen (secondary N) is 3. The van der Waals surface area contributed by atoms with Crippen molar-refractivity contribution >= 4 is 23.0 Å². The maximum Gasteiger partial charge on any atom is 0.434 e. The average molecular weight is 385 g/mol. The lowest BCUT2D eigenvalue weighted by atomic mass is 10.3. The number of nitrogens with zero attached hydrogens (tertiary/aromatic N) is 2. The zero-order valence-electron chi connectivity index (χ0n) is 14.4. The molecule has 1 aromatic carbocycles. The number of hydrogen-bond donors (Lipinski definition) is 3. The van der Waals surface area contributed by atoms with E-state index in [1.54, 1.807) is 0 Å². The van der Waals surface area contributed by atoms with Gasteiger partial charge in [0.2, 0.25) is 0 Å². The Hall–Kier alpha value is -2.29. The van der Waals surface area contributed by atoms with Gasteiger partial charge >= 0.3 is 6.18 Å². The molecule has 3 N–H and O–H groups in total. The quantitative estimate of drug-likeness (QED) is 0.368. The number of rotatable bonds is 8. The molecular weight excluding hydrogens is 363 g/mol. The third kappa shape index (κ3) is 6.91. The number of para-hydroxylation sites is 1. The summed E-state index contributed by atoms with van der Waals surface area (Å²) in [6.07, 6.45) is -3.54. The molecule has 26 heavy (non-hydrogen) atoms. The van der Waals surface area contributed by atoms with E-state index in [2.05, 4.69) is 25.9 Å². The van der Waals surface area contributed by atoms with Gasteiger partial charge in [0.1, 0.15) is 5.01 Å². The Morgan fingerprint density at radius 1 is 1.15 bits per heavy atom. The van der Waals surface area contributed by atoms with Gasteiger partial charge in [0.25, 0.3) is 0 Å². The van der Waals surface area contributed by atoms with Gasteiger partial charge in [0, 0.05) is 30.7 Å². The number of guanidine groups is 1. The fourth-order valence-corrected chi connectivity index (χ4v) is 2.81. The highest BCUT2D eigenvalue weighted by Crippen LogP contribution is 2.30. The van der Waals surface area contributed by atoms with E-state index >= 15 is 0 Å². The van der Waals surface area contributed by atoms with Crippen molar-refractivity contribution in [1.29, 1.82) is 0 Å². The van der Waals surface area contributed by atoms with Crippen LogP contribution in [0.1, 0.15) is 24.0 Å². The first kappa shape index (κ1) is 20.0. The topological polar surface area (TPSA) is 61.3 Å². The van der Waals surface area contributed by atoms with E-state index in [0.717, 1.165) is 35.4 Å². The predicted octanol–water partition coefficient (Wildman–Crippen LogP) is 3.72. The summed E-state index contributed by atoms with van der Waals surface area (Å²) in [6, 6.07) is 9.91. The van der Waals surface area contributed by atoms with Crippen molar-refractivity contribution in [2.45, 2.75) is 26.1 Å². The van der Waals surface area contributed by atoms with E-state index in [0.29, 0.717) is 24.1 Å². The van der Waals surface area contributed by atoms with Crippen LogP contribution in [0.25, 0.3) is 0 Å². The molecular formula is C17H22F3N5S. The first-order valence-corrected chi connectivity index (χ1v) is 9.19. The third-order valence-corrected chi connectivity index (χ3v) is 4.14. The summed E-state index contributed by atoms with van der Waals surface area (Å²) >= 11 is 0.962. The first-order valence-electron chi connectivity index (χ1n) is 8.31. The van der Waals surface area contributed by atoms with E-state index in [1.807, 2.05) is 37.3 Å². The summed E-state index contributed by atoms with van der Waals surface area (Å²) in [6.45, 7) is 4.20. The van der Waals surface area contributed by atoms with Crippen LogP contribution in [0, 0.1) is 0 Å². The van der Waals surface area contributed by atoms with Crippen LogP contribution < -0.4 is 16.0 Å². The van der Waals surface area contributed by atoms with Crippen LogP contribution in [0.15, 0.2) is 40.7 Å². The lowest BCUT2D eigenvalue weighted by Gasteiger charge is -2.11. The van der Waals surface area contributed by atoms with Crippen LogP contribution >= 0.6 is 11.3 Å². The van der Waals surface area contributed by atoms with Gasteiger partial charge in [-0.25, -0.2) is 9.98 Å². The van der Waals surface area contributed by atoms with Crippen LogP contribution in [0.5, 0.6) is 0 Å². The molecule has 0 saturated heterocycles. The fourth-order valence-electron chi connectivity index (χ4n) is 2.09. The largest absolute Gasteiger partial charge is 0.434 e. The number of anilines is 1. The summed E-state index contributed by atoms with van der Waals surface area (Å²) in [5.74, 6) is 0.566. The highest BCUT2D eigenvalue weighted by molar-refractivity contribution is 7.09. The monoisotopic (exact) mass is 385 g/mol. The Labute approximate surface area is 154 Å². The van der Waals surface area contributed by atoms with E-state index in [4.69, 9.17) is 0 Å².